The van der Waals surface area contributed by atoms with Crippen LogP contribution < -0.4 is 11.1 Å². The van der Waals surface area contributed by atoms with Crippen LogP contribution in [0.5, 0.6) is 0 Å². The molecule has 0 unspecified atom stereocenters. The molecule has 1 aliphatic rings. The molecule has 0 atom stereocenters. The molecule has 146 valence electrons. The monoisotopic (exact) mass is 433 g/mol. The van der Waals surface area contributed by atoms with Crippen molar-refractivity contribution in [3.8, 4) is 0 Å². The van der Waals surface area contributed by atoms with Crippen LogP contribution in [0.15, 0.2) is 52.1 Å². The summed E-state index contributed by atoms with van der Waals surface area (Å²) in [6.07, 6.45) is 3.62. The molecule has 0 aromatic heterocycles. The molecular weight excluding hydrogens is 406 g/mol. The summed E-state index contributed by atoms with van der Waals surface area (Å²) in [6.45, 7) is 7.74. The maximum absolute atomic E-state index is 12.7. The van der Waals surface area contributed by atoms with Gasteiger partial charge in [0.15, 0.2) is 5.96 Å². The zero-order valence-corrected chi connectivity index (χ0v) is 17.8. The number of piperidine rings is 1. The molecule has 1 aromatic rings. The molecule has 0 radical (unpaired) electrons. The quantitative estimate of drug-likeness (QED) is 0.423. The van der Waals surface area contributed by atoms with E-state index in [1.165, 1.54) is 0 Å². The standard InChI is InChI=1S/C20H28BrN5O/c1-14(2)18(21)13-23-20(22)24-16-7-5-15(6-8-16)19(27)26(4)17-9-11-25(3)12-10-17/h5-8,13,17H,1,9-12H2,2-4H3,(H3,22,23,24)/b18-13+. The second-order valence-electron chi connectivity index (χ2n) is 6.92. The van der Waals surface area contributed by atoms with E-state index in [4.69, 9.17) is 5.73 Å². The number of nitrogens with zero attached hydrogens (tertiary/aromatic N) is 3. The number of amides is 1. The topological polar surface area (TPSA) is 74.0 Å². The Morgan fingerprint density at radius 2 is 1.96 bits per heavy atom. The van der Waals surface area contributed by atoms with E-state index in [9.17, 15) is 4.79 Å². The van der Waals surface area contributed by atoms with Gasteiger partial charge in [-0.25, -0.2) is 4.99 Å². The number of nitrogens with one attached hydrogen (secondary N) is 1. The molecule has 1 saturated heterocycles. The van der Waals surface area contributed by atoms with E-state index in [-0.39, 0.29) is 11.9 Å². The number of guanidine groups is 1. The van der Waals surface area contributed by atoms with E-state index in [1.807, 2.05) is 43.1 Å². The normalized spacial score (nSPS) is 16.9. The van der Waals surface area contributed by atoms with Gasteiger partial charge < -0.3 is 20.9 Å². The van der Waals surface area contributed by atoms with Crippen molar-refractivity contribution >= 4 is 33.5 Å². The summed E-state index contributed by atoms with van der Waals surface area (Å²) in [5.41, 5.74) is 8.18. The Bertz CT molecular complexity index is 733. The Labute approximate surface area is 169 Å². The number of nitrogens with two attached hydrogens (primary N) is 1. The van der Waals surface area contributed by atoms with Crippen molar-refractivity contribution in [3.05, 3.63) is 52.7 Å². The number of likely N-dealkylation sites (tertiary alicyclic amines) is 1. The third kappa shape index (κ3) is 6.22. The first-order chi connectivity index (χ1) is 12.8. The Morgan fingerprint density at radius 3 is 2.52 bits per heavy atom. The highest BCUT2D eigenvalue weighted by Crippen LogP contribution is 2.18. The number of carbonyl (C=O) groups is 1. The van der Waals surface area contributed by atoms with Crippen LogP contribution >= 0.6 is 15.9 Å². The van der Waals surface area contributed by atoms with Crippen LogP contribution in [0.25, 0.3) is 0 Å². The van der Waals surface area contributed by atoms with Crippen LogP contribution in [0.1, 0.15) is 30.1 Å². The van der Waals surface area contributed by atoms with E-state index < -0.39 is 0 Å². The molecule has 1 aliphatic heterocycles. The second-order valence-corrected chi connectivity index (χ2v) is 7.78. The summed E-state index contributed by atoms with van der Waals surface area (Å²) in [7, 11) is 4.01. The first kappa shape index (κ1) is 21.2. The fraction of sp³-hybridized carbons (Fsp3) is 0.400. The van der Waals surface area contributed by atoms with Gasteiger partial charge in [-0.1, -0.05) is 6.58 Å². The maximum Gasteiger partial charge on any atom is 0.253 e. The summed E-state index contributed by atoms with van der Waals surface area (Å²) in [5, 5.41) is 3.00. The molecule has 1 fully saturated rings. The number of carbonyl (C=O) groups excluding carboxylic acids is 1. The Hall–Kier alpha value is -2.12. The third-order valence-corrected chi connectivity index (χ3v) is 5.57. The Kier molecular flexibility index (Phi) is 7.62. The van der Waals surface area contributed by atoms with Gasteiger partial charge in [0.2, 0.25) is 0 Å². The van der Waals surface area contributed by atoms with E-state index in [0.29, 0.717) is 11.6 Å². The number of rotatable bonds is 5. The molecule has 0 saturated carbocycles. The van der Waals surface area contributed by atoms with Crippen molar-refractivity contribution in [1.82, 2.24) is 9.80 Å². The Balaban J connectivity index is 1.98. The lowest BCUT2D eigenvalue weighted by Gasteiger charge is -2.35. The summed E-state index contributed by atoms with van der Waals surface area (Å²) < 4.78 is 0.783. The van der Waals surface area contributed by atoms with Crippen molar-refractivity contribution in [2.24, 2.45) is 10.7 Å². The lowest BCUT2D eigenvalue weighted by molar-refractivity contribution is 0.0659. The molecule has 1 amide bonds. The van der Waals surface area contributed by atoms with Crippen LogP contribution in [-0.2, 0) is 0 Å². The molecule has 2 rings (SSSR count). The molecule has 0 aliphatic carbocycles. The molecule has 1 aromatic carbocycles. The predicted molar refractivity (Wildman–Crippen MR) is 116 cm³/mol. The third-order valence-electron chi connectivity index (χ3n) is 4.69. The molecule has 0 bridgehead atoms. The van der Waals surface area contributed by atoms with Crippen molar-refractivity contribution < 1.29 is 4.79 Å². The summed E-state index contributed by atoms with van der Waals surface area (Å²) in [6, 6.07) is 7.57. The van der Waals surface area contributed by atoms with Crippen molar-refractivity contribution in [1.29, 1.82) is 0 Å². The van der Waals surface area contributed by atoms with Crippen LogP contribution in [-0.4, -0.2) is 54.9 Å². The van der Waals surface area contributed by atoms with E-state index in [2.05, 4.69) is 44.8 Å². The van der Waals surface area contributed by atoms with Gasteiger partial charge in [0.1, 0.15) is 0 Å². The van der Waals surface area contributed by atoms with Crippen LogP contribution in [0.2, 0.25) is 0 Å². The minimum atomic E-state index is 0.0473. The molecule has 6 nitrogen and oxygen atoms in total. The maximum atomic E-state index is 12.7. The summed E-state index contributed by atoms with van der Waals surface area (Å²) in [4.78, 5) is 21.0. The fourth-order valence-corrected chi connectivity index (χ4v) is 2.97. The van der Waals surface area contributed by atoms with Crippen LogP contribution in [0.3, 0.4) is 0 Å². The Morgan fingerprint density at radius 1 is 1.37 bits per heavy atom. The number of anilines is 1. The molecule has 27 heavy (non-hydrogen) atoms. The zero-order valence-electron chi connectivity index (χ0n) is 16.2. The molecule has 7 heteroatoms. The van der Waals surface area contributed by atoms with Crippen molar-refractivity contribution in [2.75, 3.05) is 32.5 Å². The SMILES string of the molecule is C=C(C)/C(Br)=C\N=C(N)Nc1ccc(C(=O)N(C)C2CCN(C)CC2)cc1. The van der Waals surface area contributed by atoms with Crippen LogP contribution in [0.4, 0.5) is 5.69 Å². The van der Waals surface area contributed by atoms with Gasteiger partial charge in [0.05, 0.1) is 0 Å². The van der Waals surface area contributed by atoms with E-state index in [0.717, 1.165) is 41.7 Å². The minimum absolute atomic E-state index is 0.0473. The molecular formula is C20H28BrN5O. The van der Waals surface area contributed by atoms with E-state index >= 15 is 0 Å². The highest BCUT2D eigenvalue weighted by atomic mass is 79.9. The minimum Gasteiger partial charge on any atom is -0.369 e. The fourth-order valence-electron chi connectivity index (χ4n) is 2.86. The van der Waals surface area contributed by atoms with Gasteiger partial charge in [-0.05, 0) is 85.7 Å². The average Bonchev–Trinajstić information content (AvgIpc) is 2.66. The number of aliphatic imine (C=N–C) groups is 1. The van der Waals surface area contributed by atoms with Gasteiger partial charge in [0.25, 0.3) is 5.91 Å². The van der Waals surface area contributed by atoms with Gasteiger partial charge in [-0.15, -0.1) is 0 Å². The number of hydrogen-bond acceptors (Lipinski definition) is 3. The first-order valence-electron chi connectivity index (χ1n) is 8.95. The second kappa shape index (κ2) is 9.71. The van der Waals surface area contributed by atoms with Gasteiger partial charge in [-0.3, -0.25) is 4.79 Å². The number of hydrogen-bond donors (Lipinski definition) is 2. The highest BCUT2D eigenvalue weighted by Gasteiger charge is 2.24. The predicted octanol–water partition coefficient (Wildman–Crippen LogP) is 3.39. The summed E-state index contributed by atoms with van der Waals surface area (Å²) in [5.74, 6) is 0.307. The first-order valence-corrected chi connectivity index (χ1v) is 9.75. The molecule has 3 N–H and O–H groups in total. The van der Waals surface area contributed by atoms with Crippen molar-refractivity contribution in [2.45, 2.75) is 25.8 Å². The molecule has 0 spiro atoms. The highest BCUT2D eigenvalue weighted by molar-refractivity contribution is 9.12. The number of allylic oxidation sites excluding steroid dienone is 2. The lowest BCUT2D eigenvalue weighted by Crippen LogP contribution is -2.44. The van der Waals surface area contributed by atoms with Gasteiger partial charge in [-0.2, -0.15) is 0 Å². The van der Waals surface area contributed by atoms with Gasteiger partial charge >= 0.3 is 0 Å². The molecule has 1 heterocycles. The zero-order chi connectivity index (χ0) is 20.0. The van der Waals surface area contributed by atoms with Crippen LogP contribution in [0, 0.1) is 0 Å². The number of halogens is 1. The number of benzene rings is 1. The van der Waals surface area contributed by atoms with E-state index in [1.54, 1.807) is 6.20 Å². The lowest BCUT2D eigenvalue weighted by atomic mass is 10.0. The average molecular weight is 434 g/mol. The summed E-state index contributed by atoms with van der Waals surface area (Å²) >= 11 is 3.36. The van der Waals surface area contributed by atoms with Gasteiger partial charge in [0, 0.05) is 35.0 Å². The largest absolute Gasteiger partial charge is 0.369 e. The van der Waals surface area contributed by atoms with Crippen molar-refractivity contribution in [3.63, 3.8) is 0 Å². The smallest absolute Gasteiger partial charge is 0.253 e.